The summed E-state index contributed by atoms with van der Waals surface area (Å²) < 4.78 is 5.16. The van der Waals surface area contributed by atoms with E-state index >= 15 is 0 Å². The minimum Gasteiger partial charge on any atom is -0.497 e. The Labute approximate surface area is 206 Å². The number of nitrogens with zero attached hydrogens (tertiary/aromatic N) is 2. The number of amides is 3. The second-order valence-electron chi connectivity index (χ2n) is 7.98. The normalized spacial score (nSPS) is 12.5. The smallest absolute Gasteiger partial charge is 0.261 e. The van der Waals surface area contributed by atoms with Crippen molar-refractivity contribution in [1.29, 1.82) is 0 Å². The molecule has 1 N–H and O–H groups in total. The first kappa shape index (κ1) is 22.5. The van der Waals surface area contributed by atoms with Crippen LogP contribution in [-0.4, -0.2) is 41.3 Å². The maximum atomic E-state index is 13.0. The van der Waals surface area contributed by atoms with Gasteiger partial charge in [0.2, 0.25) is 0 Å². The Morgan fingerprint density at radius 1 is 0.971 bits per heavy atom. The minimum atomic E-state index is -0.395. The highest BCUT2D eigenvalue weighted by atomic mass is 32.1. The Hall–Kier alpha value is -4.30. The summed E-state index contributed by atoms with van der Waals surface area (Å²) in [6, 6.07) is 21.7. The van der Waals surface area contributed by atoms with Gasteiger partial charge < -0.3 is 4.74 Å². The summed E-state index contributed by atoms with van der Waals surface area (Å²) in [7, 11) is 1.60. The fourth-order valence-electron chi connectivity index (χ4n) is 3.91. The van der Waals surface area contributed by atoms with E-state index < -0.39 is 11.8 Å². The van der Waals surface area contributed by atoms with Gasteiger partial charge in [-0.3, -0.25) is 24.6 Å². The summed E-state index contributed by atoms with van der Waals surface area (Å²) in [5.41, 5.74) is 3.55. The van der Waals surface area contributed by atoms with Gasteiger partial charge in [0.25, 0.3) is 17.7 Å². The van der Waals surface area contributed by atoms with Crippen LogP contribution < -0.4 is 10.1 Å². The molecule has 2 heterocycles. The maximum Gasteiger partial charge on any atom is 0.261 e. The summed E-state index contributed by atoms with van der Waals surface area (Å²) in [4.78, 5) is 44.3. The molecule has 0 fully saturated rings. The molecule has 1 aromatic heterocycles. The molecule has 1 aliphatic heterocycles. The Balaban J connectivity index is 1.27. The fourth-order valence-corrected chi connectivity index (χ4v) is 4.62. The number of carbonyl (C=O) groups is 3. The second-order valence-corrected chi connectivity index (χ2v) is 8.84. The van der Waals surface area contributed by atoms with E-state index in [2.05, 4.69) is 10.3 Å². The molecule has 35 heavy (non-hydrogen) atoms. The standard InChI is InChI=1S/C27H21N3O4S/c1-34-20-10-7-17(8-11-20)13-14-30-25(32)21-12-9-19(15-22(21)26(30)33)24(31)29-27-28-23(16-35-27)18-5-3-2-4-6-18/h2-12,15-16H,13-14H2,1H3,(H,28,29,31). The first-order valence-corrected chi connectivity index (χ1v) is 11.9. The number of carbonyl (C=O) groups excluding carboxylic acids is 3. The summed E-state index contributed by atoms with van der Waals surface area (Å²) in [6.07, 6.45) is 0.524. The molecule has 0 spiro atoms. The van der Waals surface area contributed by atoms with E-state index in [-0.39, 0.29) is 18.0 Å². The van der Waals surface area contributed by atoms with Crippen LogP contribution >= 0.6 is 11.3 Å². The molecule has 0 saturated carbocycles. The van der Waals surface area contributed by atoms with Gasteiger partial charge in [-0.05, 0) is 42.3 Å². The highest BCUT2D eigenvalue weighted by Crippen LogP contribution is 2.27. The van der Waals surface area contributed by atoms with E-state index in [1.54, 1.807) is 13.2 Å². The predicted octanol–water partition coefficient (Wildman–Crippen LogP) is 4.91. The van der Waals surface area contributed by atoms with Crippen LogP contribution in [0.1, 0.15) is 36.6 Å². The molecule has 0 atom stereocenters. The highest BCUT2D eigenvalue weighted by Gasteiger charge is 2.35. The molecule has 174 valence electrons. The monoisotopic (exact) mass is 483 g/mol. The maximum absolute atomic E-state index is 13.0. The molecular weight excluding hydrogens is 462 g/mol. The number of methoxy groups -OCH3 is 1. The molecule has 0 radical (unpaired) electrons. The van der Waals surface area contributed by atoms with Crippen molar-refractivity contribution in [1.82, 2.24) is 9.88 Å². The molecule has 0 unspecified atom stereocenters. The zero-order valence-electron chi connectivity index (χ0n) is 18.9. The zero-order valence-corrected chi connectivity index (χ0v) is 19.7. The fraction of sp³-hybridized carbons (Fsp3) is 0.111. The van der Waals surface area contributed by atoms with E-state index in [9.17, 15) is 14.4 Å². The quantitative estimate of drug-likeness (QED) is 0.378. The second kappa shape index (κ2) is 9.52. The lowest BCUT2D eigenvalue weighted by Crippen LogP contribution is -2.31. The van der Waals surface area contributed by atoms with Gasteiger partial charge in [0.15, 0.2) is 5.13 Å². The van der Waals surface area contributed by atoms with Gasteiger partial charge in [-0.2, -0.15) is 0 Å². The molecular formula is C27H21N3O4S. The van der Waals surface area contributed by atoms with Crippen LogP contribution in [0.15, 0.2) is 78.2 Å². The molecule has 5 rings (SSSR count). The zero-order chi connectivity index (χ0) is 24.4. The van der Waals surface area contributed by atoms with Crippen molar-refractivity contribution in [3.63, 3.8) is 0 Å². The van der Waals surface area contributed by atoms with Crippen molar-refractivity contribution in [2.75, 3.05) is 19.0 Å². The van der Waals surface area contributed by atoms with Gasteiger partial charge in [-0.15, -0.1) is 11.3 Å². The van der Waals surface area contributed by atoms with Gasteiger partial charge in [-0.1, -0.05) is 42.5 Å². The number of benzene rings is 3. The molecule has 1 aliphatic rings. The number of fused-ring (bicyclic) bond motifs is 1. The van der Waals surface area contributed by atoms with Crippen LogP contribution in [0.4, 0.5) is 5.13 Å². The molecule has 3 aromatic carbocycles. The average Bonchev–Trinajstić information content (AvgIpc) is 3.46. The molecule has 0 saturated heterocycles. The molecule has 0 bridgehead atoms. The van der Waals surface area contributed by atoms with Crippen LogP contribution in [0.5, 0.6) is 5.75 Å². The van der Waals surface area contributed by atoms with Gasteiger partial charge in [0.1, 0.15) is 5.75 Å². The number of rotatable bonds is 7. The third-order valence-corrected chi connectivity index (χ3v) is 6.57. The van der Waals surface area contributed by atoms with Gasteiger partial charge in [0, 0.05) is 23.1 Å². The van der Waals surface area contributed by atoms with Crippen LogP contribution in [-0.2, 0) is 6.42 Å². The van der Waals surface area contributed by atoms with Crippen LogP contribution in [0, 0.1) is 0 Å². The van der Waals surface area contributed by atoms with Crippen molar-refractivity contribution in [2.24, 2.45) is 0 Å². The van der Waals surface area contributed by atoms with E-state index in [4.69, 9.17) is 4.74 Å². The van der Waals surface area contributed by atoms with Crippen LogP contribution in [0.25, 0.3) is 11.3 Å². The average molecular weight is 484 g/mol. The number of thiazole rings is 1. The Morgan fingerprint density at radius 3 is 2.46 bits per heavy atom. The van der Waals surface area contributed by atoms with E-state index in [0.29, 0.717) is 22.7 Å². The van der Waals surface area contributed by atoms with Gasteiger partial charge in [0.05, 0.1) is 23.9 Å². The Kier molecular flexibility index (Phi) is 6.12. The number of nitrogens with one attached hydrogen (secondary N) is 1. The lowest BCUT2D eigenvalue weighted by Gasteiger charge is -2.13. The minimum absolute atomic E-state index is 0.237. The van der Waals surface area contributed by atoms with Crippen molar-refractivity contribution in [3.8, 4) is 17.0 Å². The molecule has 3 amide bonds. The third-order valence-electron chi connectivity index (χ3n) is 5.81. The third kappa shape index (κ3) is 4.56. The van der Waals surface area contributed by atoms with Gasteiger partial charge in [-0.25, -0.2) is 4.98 Å². The topological polar surface area (TPSA) is 88.6 Å². The summed E-state index contributed by atoms with van der Waals surface area (Å²) in [5.74, 6) is -0.389. The first-order chi connectivity index (χ1) is 17.0. The molecule has 0 aliphatic carbocycles. The lowest BCUT2D eigenvalue weighted by atomic mass is 10.1. The van der Waals surface area contributed by atoms with Crippen LogP contribution in [0.3, 0.4) is 0 Å². The number of anilines is 1. The SMILES string of the molecule is COc1ccc(CCN2C(=O)c3ccc(C(=O)Nc4nc(-c5ccccc5)cs4)cc3C2=O)cc1. The number of ether oxygens (including phenoxy) is 1. The summed E-state index contributed by atoms with van der Waals surface area (Å²) in [6.45, 7) is 0.252. The molecule has 7 nitrogen and oxygen atoms in total. The van der Waals surface area contributed by atoms with E-state index in [1.165, 1.54) is 28.4 Å². The Morgan fingerprint density at radius 2 is 1.71 bits per heavy atom. The number of hydrogen-bond donors (Lipinski definition) is 1. The van der Waals surface area contributed by atoms with Crippen molar-refractivity contribution in [2.45, 2.75) is 6.42 Å². The lowest BCUT2D eigenvalue weighted by molar-refractivity contribution is 0.0656. The summed E-state index contributed by atoms with van der Waals surface area (Å²) >= 11 is 1.32. The Bertz CT molecular complexity index is 1410. The first-order valence-electron chi connectivity index (χ1n) is 11.0. The predicted molar refractivity (Wildman–Crippen MR) is 134 cm³/mol. The van der Waals surface area contributed by atoms with Gasteiger partial charge >= 0.3 is 0 Å². The largest absolute Gasteiger partial charge is 0.497 e. The van der Waals surface area contributed by atoms with Crippen LogP contribution in [0.2, 0.25) is 0 Å². The van der Waals surface area contributed by atoms with Crippen molar-refractivity contribution >= 4 is 34.2 Å². The highest BCUT2D eigenvalue weighted by molar-refractivity contribution is 7.14. The van der Waals surface area contributed by atoms with E-state index in [1.807, 2.05) is 60.0 Å². The number of hydrogen-bond acceptors (Lipinski definition) is 6. The van der Waals surface area contributed by atoms with Crippen molar-refractivity contribution < 1.29 is 19.1 Å². The van der Waals surface area contributed by atoms with E-state index in [0.717, 1.165) is 22.6 Å². The van der Waals surface area contributed by atoms with Crippen molar-refractivity contribution in [3.05, 3.63) is 100 Å². The number of aromatic nitrogens is 1. The summed E-state index contributed by atoms with van der Waals surface area (Å²) in [5, 5.41) is 5.11. The number of imide groups is 1. The molecule has 4 aromatic rings. The molecule has 8 heteroatoms.